The fourth-order valence-electron chi connectivity index (χ4n) is 1.93. The van der Waals surface area contributed by atoms with Gasteiger partial charge in [-0.3, -0.25) is 0 Å². The van der Waals surface area contributed by atoms with Crippen LogP contribution in [0.15, 0.2) is 18.2 Å². The molecule has 94 valence electrons. The van der Waals surface area contributed by atoms with E-state index in [1.165, 1.54) is 4.90 Å². The van der Waals surface area contributed by atoms with E-state index in [9.17, 15) is 18.3 Å². The summed E-state index contributed by atoms with van der Waals surface area (Å²) in [7, 11) is 0. The number of pyridine rings is 1. The Balaban J connectivity index is 2.18. The minimum absolute atomic E-state index is 0.159. The van der Waals surface area contributed by atoms with E-state index in [1.807, 2.05) is 0 Å². The van der Waals surface area contributed by atoms with E-state index in [0.717, 1.165) is 5.69 Å². The van der Waals surface area contributed by atoms with Gasteiger partial charge in [-0.2, -0.15) is 13.2 Å². The minimum Gasteiger partial charge on any atom is -0.379 e. The highest BCUT2D eigenvalue weighted by molar-refractivity contribution is 5.41. The molecule has 1 aliphatic rings. The number of nitrogens with zero attached hydrogens (tertiary/aromatic N) is 2. The first-order chi connectivity index (χ1) is 7.82. The molecule has 0 amide bonds. The smallest absolute Gasteiger partial charge is 0.379 e. The number of anilines is 1. The van der Waals surface area contributed by atoms with E-state index < -0.39 is 18.3 Å². The van der Waals surface area contributed by atoms with Crippen molar-refractivity contribution in [3.63, 3.8) is 0 Å². The van der Waals surface area contributed by atoms with Crippen LogP contribution in [0.5, 0.6) is 0 Å². The monoisotopic (exact) mass is 246 g/mol. The molecule has 0 bridgehead atoms. The van der Waals surface area contributed by atoms with Crippen LogP contribution in [0.3, 0.4) is 0 Å². The second kappa shape index (κ2) is 3.87. The van der Waals surface area contributed by atoms with Crippen LogP contribution >= 0.6 is 0 Å². The highest BCUT2D eigenvalue weighted by Crippen LogP contribution is 2.38. The first-order valence-electron chi connectivity index (χ1n) is 5.29. The molecule has 1 aromatic rings. The summed E-state index contributed by atoms with van der Waals surface area (Å²) in [5, 5.41) is 9.53. The number of hydrogen-bond acceptors (Lipinski definition) is 3. The van der Waals surface area contributed by atoms with E-state index in [2.05, 4.69) is 4.98 Å². The van der Waals surface area contributed by atoms with E-state index in [0.29, 0.717) is 5.82 Å². The van der Waals surface area contributed by atoms with Gasteiger partial charge in [0.15, 0.2) is 5.60 Å². The van der Waals surface area contributed by atoms with Crippen molar-refractivity contribution in [2.75, 3.05) is 18.0 Å². The lowest BCUT2D eigenvalue weighted by atomic mass is 10.0. The second-order valence-electron chi connectivity index (χ2n) is 4.34. The molecular formula is C11H13F3N2O. The lowest BCUT2D eigenvalue weighted by Gasteiger charge is -2.26. The minimum atomic E-state index is -4.59. The second-order valence-corrected chi connectivity index (χ2v) is 4.34. The Morgan fingerprint density at radius 1 is 1.41 bits per heavy atom. The molecule has 1 fully saturated rings. The summed E-state index contributed by atoms with van der Waals surface area (Å²) in [6.07, 6.45) is -4.91. The van der Waals surface area contributed by atoms with Crippen LogP contribution in [0.4, 0.5) is 19.0 Å². The zero-order valence-electron chi connectivity index (χ0n) is 9.33. The Bertz CT molecular complexity index is 421. The van der Waals surface area contributed by atoms with Crippen LogP contribution in [-0.4, -0.2) is 35.0 Å². The van der Waals surface area contributed by atoms with Crippen LogP contribution in [0.25, 0.3) is 0 Å². The van der Waals surface area contributed by atoms with Gasteiger partial charge in [0.1, 0.15) is 5.82 Å². The predicted octanol–water partition coefficient (Wildman–Crippen LogP) is 1.89. The molecule has 2 rings (SSSR count). The maximum absolute atomic E-state index is 12.6. The van der Waals surface area contributed by atoms with Gasteiger partial charge in [0.05, 0.1) is 6.54 Å². The number of aliphatic hydroxyl groups is 1. The molecule has 17 heavy (non-hydrogen) atoms. The van der Waals surface area contributed by atoms with Crippen LogP contribution in [0.2, 0.25) is 0 Å². The normalized spacial score (nSPS) is 25.4. The van der Waals surface area contributed by atoms with Crippen molar-refractivity contribution in [1.29, 1.82) is 0 Å². The first-order valence-corrected chi connectivity index (χ1v) is 5.29. The zero-order chi connectivity index (χ0) is 12.7. The Morgan fingerprint density at radius 3 is 2.65 bits per heavy atom. The van der Waals surface area contributed by atoms with Gasteiger partial charge in [-0.15, -0.1) is 0 Å². The molecule has 2 heterocycles. The lowest BCUT2D eigenvalue weighted by molar-refractivity contribution is -0.250. The summed E-state index contributed by atoms with van der Waals surface area (Å²) in [4.78, 5) is 5.61. The number of hydrogen-bond donors (Lipinski definition) is 1. The summed E-state index contributed by atoms with van der Waals surface area (Å²) in [5.41, 5.74) is -1.87. The number of halogens is 3. The van der Waals surface area contributed by atoms with Crippen molar-refractivity contribution >= 4 is 5.82 Å². The van der Waals surface area contributed by atoms with Crippen molar-refractivity contribution in [1.82, 2.24) is 4.98 Å². The summed E-state index contributed by atoms with van der Waals surface area (Å²) >= 11 is 0. The number of alkyl halides is 3. The molecule has 1 aliphatic heterocycles. The summed E-state index contributed by atoms with van der Waals surface area (Å²) in [6, 6.07) is 5.16. The molecule has 0 saturated carbocycles. The largest absolute Gasteiger partial charge is 0.418 e. The van der Waals surface area contributed by atoms with Gasteiger partial charge in [-0.1, -0.05) is 6.07 Å². The van der Waals surface area contributed by atoms with E-state index in [4.69, 9.17) is 0 Å². The molecule has 3 nitrogen and oxygen atoms in total. The molecule has 0 aromatic carbocycles. The fourth-order valence-corrected chi connectivity index (χ4v) is 1.93. The van der Waals surface area contributed by atoms with E-state index in [1.54, 1.807) is 25.1 Å². The van der Waals surface area contributed by atoms with Crippen molar-refractivity contribution in [3.05, 3.63) is 23.9 Å². The summed E-state index contributed by atoms with van der Waals surface area (Å²) in [5.74, 6) is 0.477. The zero-order valence-corrected chi connectivity index (χ0v) is 9.33. The van der Waals surface area contributed by atoms with Gasteiger partial charge in [0.25, 0.3) is 0 Å². The molecule has 0 spiro atoms. The van der Waals surface area contributed by atoms with Crippen LogP contribution in [0, 0.1) is 6.92 Å². The SMILES string of the molecule is Cc1cccc(N2CC[C@@](O)(C(F)(F)F)C2)n1. The maximum Gasteiger partial charge on any atom is 0.418 e. The fraction of sp³-hybridized carbons (Fsp3) is 0.545. The molecule has 1 saturated heterocycles. The van der Waals surface area contributed by atoms with Crippen molar-refractivity contribution in [2.45, 2.75) is 25.1 Å². The molecule has 0 radical (unpaired) electrons. The average molecular weight is 246 g/mol. The van der Waals surface area contributed by atoms with Crippen molar-refractivity contribution in [2.24, 2.45) is 0 Å². The molecule has 0 aliphatic carbocycles. The number of aromatic nitrogens is 1. The van der Waals surface area contributed by atoms with E-state index >= 15 is 0 Å². The van der Waals surface area contributed by atoms with Crippen molar-refractivity contribution < 1.29 is 18.3 Å². The van der Waals surface area contributed by atoms with Crippen LogP contribution in [-0.2, 0) is 0 Å². The maximum atomic E-state index is 12.6. The first kappa shape index (κ1) is 12.2. The van der Waals surface area contributed by atoms with Crippen LogP contribution < -0.4 is 4.90 Å². The third-order valence-electron chi connectivity index (χ3n) is 2.97. The van der Waals surface area contributed by atoms with Gasteiger partial charge >= 0.3 is 6.18 Å². The molecule has 0 unspecified atom stereocenters. The molecular weight excluding hydrogens is 233 g/mol. The Labute approximate surface area is 96.9 Å². The molecule has 6 heteroatoms. The Kier molecular flexibility index (Phi) is 2.77. The molecule has 1 atom stereocenters. The molecule has 1 aromatic heterocycles. The van der Waals surface area contributed by atoms with Crippen molar-refractivity contribution in [3.8, 4) is 0 Å². The predicted molar refractivity (Wildman–Crippen MR) is 56.8 cm³/mol. The number of β-amino-alcohol motifs (C(OH)–C–C–N with tert-alkyl or cyclic N) is 1. The topological polar surface area (TPSA) is 36.4 Å². The average Bonchev–Trinajstić information content (AvgIpc) is 2.61. The molecule has 1 N–H and O–H groups in total. The quantitative estimate of drug-likeness (QED) is 0.822. The van der Waals surface area contributed by atoms with E-state index in [-0.39, 0.29) is 13.0 Å². The Hall–Kier alpha value is -1.30. The highest BCUT2D eigenvalue weighted by atomic mass is 19.4. The van der Waals surface area contributed by atoms with Gasteiger partial charge in [-0.25, -0.2) is 4.98 Å². The van der Waals surface area contributed by atoms with Gasteiger partial charge < -0.3 is 10.0 Å². The van der Waals surface area contributed by atoms with Gasteiger partial charge in [0, 0.05) is 18.7 Å². The highest BCUT2D eigenvalue weighted by Gasteiger charge is 2.57. The Morgan fingerprint density at radius 2 is 2.12 bits per heavy atom. The van der Waals surface area contributed by atoms with Gasteiger partial charge in [-0.05, 0) is 19.1 Å². The summed E-state index contributed by atoms with van der Waals surface area (Å²) < 4.78 is 37.8. The van der Waals surface area contributed by atoms with Crippen LogP contribution in [0.1, 0.15) is 12.1 Å². The standard InChI is InChI=1S/C11H13F3N2O/c1-8-3-2-4-9(15-8)16-6-5-10(17,7-16)11(12,13)14/h2-4,17H,5-7H2,1H3/t10-/m0/s1. The lowest BCUT2D eigenvalue weighted by Crippen LogP contribution is -2.47. The summed E-state index contributed by atoms with van der Waals surface area (Å²) in [6.45, 7) is 1.48. The third kappa shape index (κ3) is 2.22. The number of rotatable bonds is 1. The third-order valence-corrected chi connectivity index (χ3v) is 2.97. The van der Waals surface area contributed by atoms with Gasteiger partial charge in [0.2, 0.25) is 0 Å². The number of aryl methyl sites for hydroxylation is 1.